The largest absolute Gasteiger partial charge is 0.480 e. The Morgan fingerprint density at radius 2 is 0.750 bits per heavy atom. The normalized spacial score (nSPS) is 12.9. The molecule has 0 fully saturated rings. The van der Waals surface area contributed by atoms with Crippen molar-refractivity contribution < 1.29 is 48.6 Å². The molecule has 14 heteroatoms. The second-order valence-electron chi connectivity index (χ2n) is 12.2. The molecule has 0 saturated carbocycles. The molecule has 0 aliphatic heterocycles. The van der Waals surface area contributed by atoms with Crippen LogP contribution in [-0.2, 0) is 19.2 Å². The number of hydrogen-bond acceptors (Lipinski definition) is 10. The Kier molecular flexibility index (Phi) is 9.94. The molecule has 262 valence electrons. The summed E-state index contributed by atoms with van der Waals surface area (Å²) in [4.78, 5) is 104. The Bertz CT molecular complexity index is 2060. The molecule has 0 saturated heterocycles. The third kappa shape index (κ3) is 7.43. The summed E-state index contributed by atoms with van der Waals surface area (Å²) in [6, 6.07) is 21.4. The molecule has 4 N–H and O–H groups in total. The van der Waals surface area contributed by atoms with Gasteiger partial charge in [-0.15, -0.1) is 0 Å². The van der Waals surface area contributed by atoms with Crippen LogP contribution in [0.4, 0.5) is 11.4 Å². The summed E-state index contributed by atoms with van der Waals surface area (Å²) in [5.41, 5.74) is 2.11. The molecular weight excluding hydrogens is 672 g/mol. The molecule has 0 unspecified atom stereocenters. The van der Waals surface area contributed by atoms with E-state index in [9.17, 15) is 48.6 Å². The van der Waals surface area contributed by atoms with Crippen LogP contribution in [0.1, 0.15) is 63.7 Å². The highest BCUT2D eigenvalue weighted by Gasteiger charge is 2.31. The van der Waals surface area contributed by atoms with E-state index in [0.717, 1.165) is 0 Å². The second kappa shape index (κ2) is 14.7. The zero-order valence-corrected chi connectivity index (χ0v) is 27.4. The minimum atomic E-state index is -1.25. The molecular formula is C38H30N4O10. The number of aliphatic carboxylic acids is 2. The van der Waals surface area contributed by atoms with Gasteiger partial charge in [-0.2, -0.15) is 0 Å². The molecule has 0 bridgehead atoms. The van der Waals surface area contributed by atoms with E-state index in [1.54, 1.807) is 48.5 Å². The monoisotopic (exact) mass is 702 g/mol. The van der Waals surface area contributed by atoms with Crippen LogP contribution in [0.3, 0.4) is 0 Å². The number of ketones is 4. The van der Waals surface area contributed by atoms with Gasteiger partial charge in [0.2, 0.25) is 11.8 Å². The fourth-order valence-corrected chi connectivity index (χ4v) is 6.25. The fraction of sp³-hybridized carbons (Fsp3) is 0.158. The van der Waals surface area contributed by atoms with Crippen molar-refractivity contribution in [1.29, 1.82) is 0 Å². The van der Waals surface area contributed by atoms with Gasteiger partial charge >= 0.3 is 11.9 Å². The number of hydrogen-bond donors (Lipinski definition) is 4. The number of benzene rings is 4. The maximum Gasteiger partial charge on any atom is 0.317 e. The van der Waals surface area contributed by atoms with Crippen LogP contribution in [0, 0.1) is 0 Å². The van der Waals surface area contributed by atoms with E-state index in [4.69, 9.17) is 0 Å². The van der Waals surface area contributed by atoms with E-state index in [-0.39, 0.29) is 92.1 Å². The Labute approximate surface area is 295 Å². The zero-order valence-electron chi connectivity index (χ0n) is 27.4. The molecule has 0 atom stereocenters. The summed E-state index contributed by atoms with van der Waals surface area (Å²) in [7, 11) is 0. The van der Waals surface area contributed by atoms with Gasteiger partial charge < -0.3 is 20.8 Å². The maximum atomic E-state index is 13.1. The van der Waals surface area contributed by atoms with Gasteiger partial charge in [0.25, 0.3) is 0 Å². The van der Waals surface area contributed by atoms with Crippen molar-refractivity contribution in [2.24, 2.45) is 0 Å². The SMILES string of the molecule is O=C(O)CN(CCN(CC(=O)O)CC(=O)Nc1ccc2c(c1)C(=O)c1ccccc1C2=O)CC(=O)Nc1ccc2c(c1)C(=O)c1ccccc1C2=O. The number of fused-ring (bicyclic) bond motifs is 4. The molecule has 0 radical (unpaired) electrons. The first kappa shape index (κ1) is 35.2. The minimum Gasteiger partial charge on any atom is -0.480 e. The van der Waals surface area contributed by atoms with Gasteiger partial charge in [0.05, 0.1) is 26.2 Å². The molecule has 6 rings (SSSR count). The van der Waals surface area contributed by atoms with E-state index < -0.39 is 49.9 Å². The number of rotatable bonds is 13. The summed E-state index contributed by atoms with van der Waals surface area (Å²) >= 11 is 0. The number of nitrogens with zero attached hydrogens (tertiary/aromatic N) is 2. The van der Waals surface area contributed by atoms with Crippen LogP contribution in [0.25, 0.3) is 0 Å². The molecule has 52 heavy (non-hydrogen) atoms. The lowest BCUT2D eigenvalue weighted by Gasteiger charge is -2.25. The van der Waals surface area contributed by atoms with Crippen molar-refractivity contribution in [2.75, 3.05) is 49.9 Å². The third-order valence-electron chi connectivity index (χ3n) is 8.60. The highest BCUT2D eigenvalue weighted by molar-refractivity contribution is 6.29. The molecule has 2 aliphatic carbocycles. The summed E-state index contributed by atoms with van der Waals surface area (Å²) in [5.74, 6) is -5.19. The van der Waals surface area contributed by atoms with E-state index in [1.165, 1.54) is 46.2 Å². The number of carbonyl (C=O) groups is 8. The lowest BCUT2D eigenvalue weighted by Crippen LogP contribution is -2.44. The van der Waals surface area contributed by atoms with Crippen molar-refractivity contribution in [3.8, 4) is 0 Å². The summed E-state index contributed by atoms with van der Waals surface area (Å²) in [6.45, 7) is -2.28. The predicted octanol–water partition coefficient (Wildman–Crippen LogP) is 2.59. The summed E-state index contributed by atoms with van der Waals surface area (Å²) in [5, 5.41) is 24.2. The Balaban J connectivity index is 1.08. The highest BCUT2D eigenvalue weighted by Crippen LogP contribution is 2.30. The molecule has 14 nitrogen and oxygen atoms in total. The van der Waals surface area contributed by atoms with E-state index in [1.807, 2.05) is 0 Å². The van der Waals surface area contributed by atoms with Crippen molar-refractivity contribution in [3.63, 3.8) is 0 Å². The summed E-state index contributed by atoms with van der Waals surface area (Å²) < 4.78 is 0. The maximum absolute atomic E-state index is 13.1. The topological polar surface area (TPSA) is 208 Å². The van der Waals surface area contributed by atoms with E-state index in [2.05, 4.69) is 10.6 Å². The molecule has 0 spiro atoms. The Morgan fingerprint density at radius 3 is 1.08 bits per heavy atom. The lowest BCUT2D eigenvalue weighted by atomic mass is 9.84. The fourth-order valence-electron chi connectivity index (χ4n) is 6.25. The number of amides is 2. The average Bonchev–Trinajstić information content (AvgIpc) is 3.11. The number of nitrogens with one attached hydrogen (secondary N) is 2. The molecule has 2 amide bonds. The number of anilines is 2. The molecule has 0 aromatic heterocycles. The van der Waals surface area contributed by atoms with Crippen LogP contribution in [0.15, 0.2) is 84.9 Å². The van der Waals surface area contributed by atoms with Gasteiger partial charge in [0.1, 0.15) is 0 Å². The van der Waals surface area contributed by atoms with Gasteiger partial charge in [-0.05, 0) is 36.4 Å². The van der Waals surface area contributed by atoms with Crippen LogP contribution >= 0.6 is 0 Å². The van der Waals surface area contributed by atoms with Gasteiger partial charge in [0, 0.05) is 69.0 Å². The van der Waals surface area contributed by atoms with Gasteiger partial charge in [-0.25, -0.2) is 0 Å². The highest BCUT2D eigenvalue weighted by atomic mass is 16.4. The van der Waals surface area contributed by atoms with Crippen molar-refractivity contribution >= 4 is 58.3 Å². The molecule has 4 aromatic carbocycles. The smallest absolute Gasteiger partial charge is 0.317 e. The van der Waals surface area contributed by atoms with E-state index in [0.29, 0.717) is 0 Å². The van der Waals surface area contributed by atoms with Crippen LogP contribution in [0.2, 0.25) is 0 Å². The van der Waals surface area contributed by atoms with Gasteiger partial charge in [0.15, 0.2) is 23.1 Å². The van der Waals surface area contributed by atoms with Crippen molar-refractivity contribution in [2.45, 2.75) is 0 Å². The van der Waals surface area contributed by atoms with Gasteiger partial charge in [-0.3, -0.25) is 48.2 Å². The molecule has 0 heterocycles. The minimum absolute atomic E-state index is 0.118. The average molecular weight is 703 g/mol. The van der Waals surface area contributed by atoms with Crippen LogP contribution < -0.4 is 10.6 Å². The van der Waals surface area contributed by atoms with E-state index >= 15 is 0 Å². The molecule has 4 aromatic rings. The van der Waals surface area contributed by atoms with Crippen molar-refractivity contribution in [3.05, 3.63) is 129 Å². The second-order valence-corrected chi connectivity index (χ2v) is 12.2. The first-order chi connectivity index (χ1) is 24.9. The first-order valence-corrected chi connectivity index (χ1v) is 16.0. The van der Waals surface area contributed by atoms with Crippen LogP contribution in [0.5, 0.6) is 0 Å². The van der Waals surface area contributed by atoms with Crippen LogP contribution in [-0.4, -0.2) is 106 Å². The summed E-state index contributed by atoms with van der Waals surface area (Å²) in [6.07, 6.45) is 0. The molecule has 2 aliphatic rings. The number of carboxylic acids is 2. The standard InChI is InChI=1S/C38H30N4O10/c43-31(39-21-9-11-27-29(15-21)37(51)25-7-3-1-5-23(25)35(27)49)17-41(19-33(45)46)13-14-42(20-34(47)48)18-32(44)40-22-10-12-28-30(16-22)38(52)26-8-4-2-6-24(26)36(28)50/h1-12,15-16H,13-14,17-20H2,(H,39,43)(H,40,44)(H,45,46)(H,47,48). The van der Waals surface area contributed by atoms with Gasteiger partial charge in [-0.1, -0.05) is 48.5 Å². The Hall–Kier alpha value is -6.64. The number of carboxylic acid groups (broad SMARTS) is 2. The Morgan fingerprint density at radius 1 is 0.442 bits per heavy atom. The van der Waals surface area contributed by atoms with Crippen molar-refractivity contribution in [1.82, 2.24) is 9.80 Å². The zero-order chi connectivity index (χ0) is 37.1. The quantitative estimate of drug-likeness (QED) is 0.137. The predicted molar refractivity (Wildman–Crippen MR) is 185 cm³/mol. The third-order valence-corrected chi connectivity index (χ3v) is 8.60. The number of carbonyl (C=O) groups excluding carboxylic acids is 6. The lowest BCUT2D eigenvalue weighted by molar-refractivity contribution is -0.140. The first-order valence-electron chi connectivity index (χ1n) is 16.0.